The highest BCUT2D eigenvalue weighted by atomic mass is 16.5. The lowest BCUT2D eigenvalue weighted by Crippen LogP contribution is -2.30. The highest BCUT2D eigenvalue weighted by Gasteiger charge is 2.32. The predicted octanol–water partition coefficient (Wildman–Crippen LogP) is 12.1. The summed E-state index contributed by atoms with van der Waals surface area (Å²) in [6, 6.07) is 15.1. The van der Waals surface area contributed by atoms with Crippen LogP contribution in [0.25, 0.3) is 0 Å². The number of rotatable bonds is 29. The molecule has 1 aliphatic rings. The summed E-state index contributed by atoms with van der Waals surface area (Å²) in [7, 11) is 0. The molecule has 1 atom stereocenters. The lowest BCUT2D eigenvalue weighted by molar-refractivity contribution is -0.145. The summed E-state index contributed by atoms with van der Waals surface area (Å²) >= 11 is 0. The third-order valence-corrected chi connectivity index (χ3v) is 10.8. The van der Waals surface area contributed by atoms with Crippen molar-refractivity contribution >= 4 is 23.9 Å². The topological polar surface area (TPSA) is 105 Å². The highest BCUT2D eigenvalue weighted by molar-refractivity contribution is 5.81. The van der Waals surface area contributed by atoms with Crippen LogP contribution in [-0.2, 0) is 35.1 Å². The van der Waals surface area contributed by atoms with E-state index in [2.05, 4.69) is 20.1 Å². The van der Waals surface area contributed by atoms with Crippen LogP contribution in [0.2, 0.25) is 0 Å². The quantitative estimate of drug-likeness (QED) is 0.0348. The normalized spacial score (nSPS) is 15.7. The molecule has 0 bridgehead atoms. The van der Waals surface area contributed by atoms with Crippen LogP contribution in [0.5, 0.6) is 11.5 Å². The Morgan fingerprint density at radius 2 is 1.04 bits per heavy atom. The average molecular weight is 773 g/mol. The zero-order valence-corrected chi connectivity index (χ0v) is 34.2. The van der Waals surface area contributed by atoms with E-state index in [4.69, 9.17) is 18.9 Å². The Morgan fingerprint density at radius 1 is 0.589 bits per heavy atom. The number of unbranched alkanes of at least 4 members (excludes halogenated alkanes) is 15. The van der Waals surface area contributed by atoms with Crippen LogP contribution in [-0.4, -0.2) is 30.5 Å². The number of hydrogen-bond donors (Lipinski definition) is 0. The van der Waals surface area contributed by atoms with E-state index in [0.29, 0.717) is 43.8 Å². The van der Waals surface area contributed by atoms with Gasteiger partial charge in [0.25, 0.3) is 0 Å². The molecule has 1 unspecified atom stereocenters. The molecule has 1 saturated carbocycles. The lowest BCUT2D eigenvalue weighted by Gasteiger charge is -2.26. The number of carbonyl (C=O) groups is 4. The number of ether oxygens (including phenoxy) is 4. The fourth-order valence-corrected chi connectivity index (χ4v) is 7.28. The molecule has 2 aromatic rings. The van der Waals surface area contributed by atoms with Crippen LogP contribution in [0.3, 0.4) is 0 Å². The van der Waals surface area contributed by atoms with Gasteiger partial charge in [-0.15, -0.1) is 0 Å². The summed E-state index contributed by atoms with van der Waals surface area (Å²) in [5.41, 5.74) is 2.11. The average Bonchev–Trinajstić information content (AvgIpc) is 3.22. The third-order valence-electron chi connectivity index (χ3n) is 10.8. The summed E-state index contributed by atoms with van der Waals surface area (Å²) in [6.07, 6.45) is 26.1. The van der Waals surface area contributed by atoms with Crippen LogP contribution in [0, 0.1) is 11.8 Å². The van der Waals surface area contributed by atoms with Crippen molar-refractivity contribution in [1.82, 2.24) is 0 Å². The van der Waals surface area contributed by atoms with E-state index >= 15 is 0 Å². The molecule has 0 N–H and O–H groups in total. The van der Waals surface area contributed by atoms with Crippen molar-refractivity contribution in [2.45, 2.75) is 161 Å². The molecular weight excluding hydrogens is 705 g/mol. The molecule has 1 aliphatic carbocycles. The second kappa shape index (κ2) is 28.2. The maximum atomic E-state index is 13.0. The Bertz CT molecular complexity index is 1440. The summed E-state index contributed by atoms with van der Waals surface area (Å²) < 4.78 is 22.1. The summed E-state index contributed by atoms with van der Waals surface area (Å²) in [4.78, 5) is 49.1. The minimum absolute atomic E-state index is 0.240. The molecule has 3 rings (SSSR count). The fourth-order valence-electron chi connectivity index (χ4n) is 7.28. The molecule has 1 fully saturated rings. The summed E-state index contributed by atoms with van der Waals surface area (Å²) in [5.74, 6) is -0.816. The van der Waals surface area contributed by atoms with Crippen LogP contribution in [0.1, 0.15) is 165 Å². The van der Waals surface area contributed by atoms with Gasteiger partial charge in [0.05, 0.1) is 18.4 Å². The molecular formula is C48H68O8. The second-order valence-electron chi connectivity index (χ2n) is 15.3. The molecule has 8 nitrogen and oxygen atoms in total. The molecule has 308 valence electrons. The minimum Gasteiger partial charge on any atom is -0.463 e. The first-order valence-electron chi connectivity index (χ1n) is 21.6. The van der Waals surface area contributed by atoms with Crippen molar-refractivity contribution in [3.05, 3.63) is 85.0 Å². The maximum Gasteiger partial charge on any atom is 0.330 e. The number of carbonyl (C=O) groups excluding carboxylic acids is 4. The van der Waals surface area contributed by atoms with E-state index in [0.717, 1.165) is 50.5 Å². The van der Waals surface area contributed by atoms with Crippen molar-refractivity contribution < 1.29 is 38.1 Å². The van der Waals surface area contributed by atoms with Crippen molar-refractivity contribution in [2.24, 2.45) is 11.8 Å². The number of hydrogen-bond acceptors (Lipinski definition) is 8. The van der Waals surface area contributed by atoms with E-state index < -0.39 is 5.97 Å². The number of esters is 4. The Labute approximate surface area is 336 Å². The monoisotopic (exact) mass is 772 g/mol. The van der Waals surface area contributed by atoms with Gasteiger partial charge in [0.1, 0.15) is 17.6 Å². The zero-order chi connectivity index (χ0) is 40.2. The van der Waals surface area contributed by atoms with Gasteiger partial charge < -0.3 is 18.9 Å². The van der Waals surface area contributed by atoms with Gasteiger partial charge in [-0.3, -0.25) is 9.59 Å². The largest absolute Gasteiger partial charge is 0.463 e. The predicted molar refractivity (Wildman–Crippen MR) is 222 cm³/mol. The highest BCUT2D eigenvalue weighted by Crippen LogP contribution is 2.32. The Morgan fingerprint density at radius 3 is 1.54 bits per heavy atom. The van der Waals surface area contributed by atoms with Crippen LogP contribution < -0.4 is 9.47 Å². The molecule has 0 heterocycles. The number of aryl methyl sites for hydroxylation is 1. The molecule has 0 radical (unpaired) electrons. The van der Waals surface area contributed by atoms with Gasteiger partial charge in [-0.2, -0.15) is 0 Å². The van der Waals surface area contributed by atoms with Crippen LogP contribution in [0.15, 0.2) is 73.8 Å². The molecule has 0 aliphatic heterocycles. The standard InChI is InChI=1S/C48H68O8/c1-4-7-8-9-10-15-18-21-24-44(56-46(50)6-3)39-31-35-43(36-32-39)55-48(52)41-29-27-40(28-30-41)47(51)54-42-33-25-38(26-34-42)23-20-17-14-12-11-13-16-19-22-37-53-45(49)5-2/h5-6,25-26,31-36,40-41,44H,2-4,7-24,27-30,37H2,1H3. The van der Waals surface area contributed by atoms with Crippen molar-refractivity contribution in [3.8, 4) is 11.5 Å². The maximum absolute atomic E-state index is 13.0. The SMILES string of the molecule is C=CC(=O)OCCCCCCCCCCCc1ccc(OC(=O)C2CCC(C(=O)Oc3ccc(C(CCCCCCCCCC)OC(=O)C=C)cc3)CC2)cc1. The Hall–Kier alpha value is -4.20. The van der Waals surface area contributed by atoms with Gasteiger partial charge in [0.2, 0.25) is 0 Å². The van der Waals surface area contributed by atoms with Crippen molar-refractivity contribution in [3.63, 3.8) is 0 Å². The smallest absolute Gasteiger partial charge is 0.330 e. The van der Waals surface area contributed by atoms with Crippen LogP contribution in [0.4, 0.5) is 0 Å². The van der Waals surface area contributed by atoms with E-state index in [9.17, 15) is 19.2 Å². The number of benzene rings is 2. The first-order chi connectivity index (χ1) is 27.3. The molecule has 56 heavy (non-hydrogen) atoms. The molecule has 2 aromatic carbocycles. The van der Waals surface area contributed by atoms with Gasteiger partial charge in [-0.05, 0) is 93.2 Å². The fraction of sp³-hybridized carbons (Fsp3) is 0.583. The van der Waals surface area contributed by atoms with Crippen molar-refractivity contribution in [2.75, 3.05) is 6.61 Å². The van der Waals surface area contributed by atoms with E-state index in [-0.39, 0.29) is 35.8 Å². The van der Waals surface area contributed by atoms with E-state index in [1.54, 1.807) is 12.1 Å². The zero-order valence-electron chi connectivity index (χ0n) is 34.2. The third kappa shape index (κ3) is 19.1. The van der Waals surface area contributed by atoms with Gasteiger partial charge in [0.15, 0.2) is 0 Å². The Kier molecular flexibility index (Phi) is 23.3. The van der Waals surface area contributed by atoms with Gasteiger partial charge >= 0.3 is 23.9 Å². The lowest BCUT2D eigenvalue weighted by atomic mass is 9.82. The summed E-state index contributed by atoms with van der Waals surface area (Å²) in [6.45, 7) is 9.65. The molecule has 0 amide bonds. The molecule has 8 heteroatoms. The first kappa shape index (κ1) is 46.2. The van der Waals surface area contributed by atoms with Gasteiger partial charge in [-0.25, -0.2) is 9.59 Å². The second-order valence-corrected chi connectivity index (χ2v) is 15.3. The van der Waals surface area contributed by atoms with E-state index in [1.165, 1.54) is 94.8 Å². The van der Waals surface area contributed by atoms with Crippen LogP contribution >= 0.6 is 0 Å². The Balaban J connectivity index is 1.29. The van der Waals surface area contributed by atoms with Gasteiger partial charge in [-0.1, -0.05) is 134 Å². The van der Waals surface area contributed by atoms with E-state index in [1.807, 2.05) is 36.4 Å². The molecule has 0 saturated heterocycles. The molecule has 0 spiro atoms. The van der Waals surface area contributed by atoms with Gasteiger partial charge in [0, 0.05) is 12.2 Å². The first-order valence-corrected chi connectivity index (χ1v) is 21.6. The minimum atomic E-state index is -0.446. The summed E-state index contributed by atoms with van der Waals surface area (Å²) in [5, 5.41) is 0. The molecule has 0 aromatic heterocycles. The van der Waals surface area contributed by atoms with Crippen molar-refractivity contribution in [1.29, 1.82) is 0 Å².